The van der Waals surface area contributed by atoms with Crippen LogP contribution >= 0.6 is 0 Å². The van der Waals surface area contributed by atoms with Gasteiger partial charge in [0.15, 0.2) is 11.5 Å². The molecule has 10 heteroatoms. The number of guanidine groups is 1. The van der Waals surface area contributed by atoms with Crippen molar-refractivity contribution in [1.82, 2.24) is 4.72 Å². The van der Waals surface area contributed by atoms with Crippen LogP contribution in [0, 0.1) is 0 Å². The fourth-order valence-corrected chi connectivity index (χ4v) is 3.33. The van der Waals surface area contributed by atoms with E-state index in [9.17, 15) is 8.42 Å². The van der Waals surface area contributed by atoms with Crippen LogP contribution in [0.15, 0.2) is 46.3 Å². The van der Waals surface area contributed by atoms with Crippen LogP contribution in [0.1, 0.15) is 5.56 Å². The second kappa shape index (κ2) is 9.18. The molecule has 9 nitrogen and oxygen atoms in total. The summed E-state index contributed by atoms with van der Waals surface area (Å²) in [5.74, 6) is 1.62. The Morgan fingerprint density at radius 3 is 2.21 bits per heavy atom. The average Bonchev–Trinajstić information content (AvgIpc) is 2.71. The van der Waals surface area contributed by atoms with E-state index in [-0.39, 0.29) is 23.1 Å². The summed E-state index contributed by atoms with van der Waals surface area (Å²) >= 11 is 0. The third-order valence-corrected chi connectivity index (χ3v) is 5.17. The second-order valence-electron chi connectivity index (χ2n) is 5.50. The van der Waals surface area contributed by atoms with Gasteiger partial charge in [0, 0.05) is 17.7 Å². The molecule has 0 unspecified atom stereocenters. The molecule has 3 N–H and O–H groups in total. The van der Waals surface area contributed by atoms with Gasteiger partial charge in [-0.2, -0.15) is 0 Å². The summed E-state index contributed by atoms with van der Waals surface area (Å²) in [6, 6.07) is 9.41. The van der Waals surface area contributed by atoms with Crippen LogP contribution in [-0.4, -0.2) is 42.8 Å². The van der Waals surface area contributed by atoms with E-state index in [0.717, 1.165) is 5.56 Å². The lowest BCUT2D eigenvalue weighted by atomic mass is 10.2. The zero-order valence-electron chi connectivity index (χ0n) is 16.1. The molecule has 0 bridgehead atoms. The van der Waals surface area contributed by atoms with E-state index < -0.39 is 10.0 Å². The molecule has 0 atom stereocenters. The van der Waals surface area contributed by atoms with Crippen molar-refractivity contribution in [2.24, 2.45) is 10.7 Å². The van der Waals surface area contributed by atoms with E-state index in [0.29, 0.717) is 17.2 Å². The monoisotopic (exact) mass is 409 g/mol. The first-order valence-corrected chi connectivity index (χ1v) is 9.58. The van der Waals surface area contributed by atoms with Gasteiger partial charge in [0.25, 0.3) is 10.0 Å². The standard InChI is InChI=1S/C18H23N3O6S/c1-24-13-6-5-12(16(9-13)26-3)11-20-18(19)21-28(22,23)14-7-8-15(25-2)17(10-14)27-4/h5-10H,11H2,1-4H3,(H3,19,20,21). The zero-order valence-corrected chi connectivity index (χ0v) is 16.9. The molecule has 0 saturated heterocycles. The van der Waals surface area contributed by atoms with E-state index in [1.807, 2.05) is 0 Å². The van der Waals surface area contributed by atoms with Gasteiger partial charge in [-0.05, 0) is 24.3 Å². The molecule has 0 amide bonds. The molecule has 0 aliphatic rings. The summed E-state index contributed by atoms with van der Waals surface area (Å²) in [5, 5.41) is 0. The van der Waals surface area contributed by atoms with Crippen LogP contribution in [0.2, 0.25) is 0 Å². The molecular weight excluding hydrogens is 386 g/mol. The minimum Gasteiger partial charge on any atom is -0.497 e. The van der Waals surface area contributed by atoms with Crippen LogP contribution in [-0.2, 0) is 16.6 Å². The molecule has 0 saturated carbocycles. The Morgan fingerprint density at radius 1 is 0.929 bits per heavy atom. The highest BCUT2D eigenvalue weighted by Crippen LogP contribution is 2.29. The van der Waals surface area contributed by atoms with Crippen LogP contribution in [0.4, 0.5) is 0 Å². The molecule has 0 radical (unpaired) electrons. The predicted molar refractivity (Wildman–Crippen MR) is 105 cm³/mol. The minimum atomic E-state index is -3.94. The summed E-state index contributed by atoms with van der Waals surface area (Å²) in [6.45, 7) is 0.119. The number of hydrogen-bond acceptors (Lipinski definition) is 7. The highest BCUT2D eigenvalue weighted by atomic mass is 32.2. The van der Waals surface area contributed by atoms with Crippen molar-refractivity contribution in [3.8, 4) is 23.0 Å². The van der Waals surface area contributed by atoms with Crippen molar-refractivity contribution in [3.05, 3.63) is 42.0 Å². The fraction of sp³-hybridized carbons (Fsp3) is 0.278. The highest BCUT2D eigenvalue weighted by molar-refractivity contribution is 7.90. The number of aliphatic imine (C=N–C) groups is 1. The first kappa shape index (κ1) is 21.2. The summed E-state index contributed by atoms with van der Waals surface area (Å²) in [4.78, 5) is 4.04. The van der Waals surface area contributed by atoms with Crippen molar-refractivity contribution < 1.29 is 27.4 Å². The molecule has 152 valence electrons. The number of ether oxygens (including phenoxy) is 4. The molecule has 0 aromatic heterocycles. The molecule has 2 aromatic rings. The molecule has 28 heavy (non-hydrogen) atoms. The number of nitrogens with zero attached hydrogens (tertiary/aromatic N) is 1. The third-order valence-electron chi connectivity index (χ3n) is 3.82. The Bertz CT molecular complexity index is 960. The van der Waals surface area contributed by atoms with Gasteiger partial charge in [-0.15, -0.1) is 0 Å². The van der Waals surface area contributed by atoms with Gasteiger partial charge < -0.3 is 24.7 Å². The maximum absolute atomic E-state index is 12.5. The van der Waals surface area contributed by atoms with Crippen molar-refractivity contribution >= 4 is 16.0 Å². The van der Waals surface area contributed by atoms with Gasteiger partial charge in [-0.25, -0.2) is 18.1 Å². The normalized spacial score (nSPS) is 11.6. The van der Waals surface area contributed by atoms with E-state index >= 15 is 0 Å². The van der Waals surface area contributed by atoms with E-state index in [2.05, 4.69) is 9.71 Å². The van der Waals surface area contributed by atoms with E-state index in [1.165, 1.54) is 39.5 Å². The lowest BCUT2D eigenvalue weighted by Gasteiger charge is -2.12. The van der Waals surface area contributed by atoms with Crippen LogP contribution in [0.5, 0.6) is 23.0 Å². The molecule has 0 aliphatic heterocycles. The highest BCUT2D eigenvalue weighted by Gasteiger charge is 2.18. The lowest BCUT2D eigenvalue weighted by molar-refractivity contribution is 0.354. The van der Waals surface area contributed by atoms with Gasteiger partial charge in [0.2, 0.25) is 5.96 Å². The van der Waals surface area contributed by atoms with Crippen molar-refractivity contribution in [3.63, 3.8) is 0 Å². The first-order chi connectivity index (χ1) is 13.3. The molecule has 0 heterocycles. The fourth-order valence-electron chi connectivity index (χ4n) is 2.37. The van der Waals surface area contributed by atoms with Gasteiger partial charge in [0.05, 0.1) is 39.9 Å². The average molecular weight is 409 g/mol. The maximum atomic E-state index is 12.5. The van der Waals surface area contributed by atoms with Crippen molar-refractivity contribution in [2.45, 2.75) is 11.4 Å². The minimum absolute atomic E-state index is 0.0367. The largest absolute Gasteiger partial charge is 0.497 e. The van der Waals surface area contributed by atoms with Gasteiger partial charge in [-0.1, -0.05) is 0 Å². The number of nitrogens with one attached hydrogen (secondary N) is 1. The predicted octanol–water partition coefficient (Wildman–Crippen LogP) is 1.51. The quantitative estimate of drug-likeness (QED) is 0.501. The summed E-state index contributed by atoms with van der Waals surface area (Å²) in [7, 11) is 2.00. The Hall–Kier alpha value is -3.14. The number of benzene rings is 2. The topological polar surface area (TPSA) is 121 Å². The SMILES string of the molecule is COc1ccc(CN=C(N)NS(=O)(=O)c2ccc(OC)c(OC)c2)c(OC)c1. The number of hydrogen-bond donors (Lipinski definition) is 2. The van der Waals surface area contributed by atoms with Crippen molar-refractivity contribution in [2.75, 3.05) is 28.4 Å². The number of methoxy groups -OCH3 is 4. The molecular formula is C18H23N3O6S. The van der Waals surface area contributed by atoms with Gasteiger partial charge >= 0.3 is 0 Å². The first-order valence-electron chi connectivity index (χ1n) is 8.10. The van der Waals surface area contributed by atoms with E-state index in [1.54, 1.807) is 25.3 Å². The molecule has 0 spiro atoms. The second-order valence-corrected chi connectivity index (χ2v) is 7.18. The van der Waals surface area contributed by atoms with E-state index in [4.69, 9.17) is 24.7 Å². The number of nitrogens with two attached hydrogens (primary N) is 1. The summed E-state index contributed by atoms with van der Waals surface area (Å²) in [6.07, 6.45) is 0. The van der Waals surface area contributed by atoms with Crippen molar-refractivity contribution in [1.29, 1.82) is 0 Å². The maximum Gasteiger partial charge on any atom is 0.264 e. The van der Waals surface area contributed by atoms with Crippen LogP contribution in [0.3, 0.4) is 0 Å². The summed E-state index contributed by atoms with van der Waals surface area (Å²) in [5.41, 5.74) is 6.48. The van der Waals surface area contributed by atoms with Crippen LogP contribution < -0.4 is 29.4 Å². The number of rotatable bonds is 8. The van der Waals surface area contributed by atoms with Gasteiger partial charge in [-0.3, -0.25) is 0 Å². The molecule has 2 aromatic carbocycles. The third kappa shape index (κ3) is 4.97. The summed E-state index contributed by atoms with van der Waals surface area (Å²) < 4.78 is 47.9. The zero-order chi connectivity index (χ0) is 20.7. The Kier molecular flexibility index (Phi) is 6.94. The Labute approximate surface area is 164 Å². The van der Waals surface area contributed by atoms with Gasteiger partial charge in [0.1, 0.15) is 11.5 Å². The molecule has 0 fully saturated rings. The molecule has 0 aliphatic carbocycles. The lowest BCUT2D eigenvalue weighted by Crippen LogP contribution is -2.36. The molecule has 2 rings (SSSR count). The number of sulfonamides is 1. The Balaban J connectivity index is 2.18. The Morgan fingerprint density at radius 2 is 1.61 bits per heavy atom. The van der Waals surface area contributed by atoms with Crippen LogP contribution in [0.25, 0.3) is 0 Å². The smallest absolute Gasteiger partial charge is 0.264 e.